The lowest BCUT2D eigenvalue weighted by molar-refractivity contribution is 0.0952. The number of hydrogen-bond donors (Lipinski definition) is 1. The molecule has 4 rings (SSSR count). The van der Waals surface area contributed by atoms with Gasteiger partial charge in [-0.1, -0.05) is 54.1 Å². The zero-order valence-corrected chi connectivity index (χ0v) is 17.4. The third-order valence-electron chi connectivity index (χ3n) is 5.15. The van der Waals surface area contributed by atoms with Gasteiger partial charge in [-0.25, -0.2) is 4.98 Å². The zero-order chi connectivity index (χ0) is 21.1. The van der Waals surface area contributed by atoms with Crippen molar-refractivity contribution in [3.05, 3.63) is 95.1 Å². The smallest absolute Gasteiger partial charge is 0.252 e. The van der Waals surface area contributed by atoms with Crippen LogP contribution in [0.5, 0.6) is 5.75 Å². The first-order valence-corrected chi connectivity index (χ1v) is 9.93. The Labute approximate surface area is 176 Å². The van der Waals surface area contributed by atoms with Crippen LogP contribution < -0.4 is 10.1 Å². The molecule has 4 nitrogen and oxygen atoms in total. The quantitative estimate of drug-likeness (QED) is 0.487. The fourth-order valence-corrected chi connectivity index (χ4v) is 3.67. The van der Waals surface area contributed by atoms with Crippen molar-refractivity contribution in [1.29, 1.82) is 0 Å². The Morgan fingerprint density at radius 2 is 1.77 bits per heavy atom. The maximum Gasteiger partial charge on any atom is 0.252 e. The average molecular weight is 396 g/mol. The Balaban J connectivity index is 1.80. The van der Waals surface area contributed by atoms with Gasteiger partial charge in [0.1, 0.15) is 5.75 Å². The highest BCUT2D eigenvalue weighted by molar-refractivity contribution is 6.08. The fourth-order valence-electron chi connectivity index (χ4n) is 3.67. The van der Waals surface area contributed by atoms with E-state index >= 15 is 0 Å². The topological polar surface area (TPSA) is 51.2 Å². The number of nitrogens with one attached hydrogen (secondary N) is 1. The van der Waals surface area contributed by atoms with Gasteiger partial charge in [-0.05, 0) is 49.2 Å². The van der Waals surface area contributed by atoms with E-state index in [1.807, 2.05) is 80.6 Å². The van der Waals surface area contributed by atoms with Gasteiger partial charge < -0.3 is 10.1 Å². The number of benzene rings is 3. The summed E-state index contributed by atoms with van der Waals surface area (Å²) in [5, 5.41) is 3.92. The molecule has 0 unspecified atom stereocenters. The van der Waals surface area contributed by atoms with Gasteiger partial charge >= 0.3 is 0 Å². The van der Waals surface area contributed by atoms with Crippen molar-refractivity contribution >= 4 is 16.8 Å². The van der Waals surface area contributed by atoms with E-state index in [9.17, 15) is 4.79 Å². The molecule has 0 fully saturated rings. The lowest BCUT2D eigenvalue weighted by Gasteiger charge is -2.13. The molecule has 0 saturated heterocycles. The third kappa shape index (κ3) is 4.03. The lowest BCUT2D eigenvalue weighted by Crippen LogP contribution is -2.23. The van der Waals surface area contributed by atoms with Crippen molar-refractivity contribution in [2.75, 3.05) is 7.11 Å². The van der Waals surface area contributed by atoms with E-state index in [2.05, 4.69) is 11.4 Å². The van der Waals surface area contributed by atoms with Crippen LogP contribution in [0.1, 0.15) is 27.0 Å². The predicted octanol–water partition coefficient (Wildman–Crippen LogP) is 5.46. The highest BCUT2D eigenvalue weighted by Gasteiger charge is 2.16. The summed E-state index contributed by atoms with van der Waals surface area (Å²) in [5.74, 6) is 0.644. The van der Waals surface area contributed by atoms with Gasteiger partial charge in [-0.3, -0.25) is 4.79 Å². The molecule has 1 aromatic heterocycles. The molecule has 0 aliphatic heterocycles. The molecule has 150 valence electrons. The molecule has 0 bridgehead atoms. The van der Waals surface area contributed by atoms with Gasteiger partial charge in [0, 0.05) is 17.5 Å². The molecular weight excluding hydrogens is 372 g/mol. The number of amides is 1. The van der Waals surface area contributed by atoms with E-state index < -0.39 is 0 Å². The maximum absolute atomic E-state index is 13.2. The fraction of sp³-hybridized carbons (Fsp3) is 0.154. The number of ether oxygens (including phenoxy) is 1. The van der Waals surface area contributed by atoms with Crippen LogP contribution in [0.3, 0.4) is 0 Å². The maximum atomic E-state index is 13.2. The van der Waals surface area contributed by atoms with Crippen LogP contribution in [-0.4, -0.2) is 18.0 Å². The summed E-state index contributed by atoms with van der Waals surface area (Å²) in [6.07, 6.45) is 0. The molecule has 1 N–H and O–H groups in total. The number of carbonyl (C=O) groups is 1. The van der Waals surface area contributed by atoms with Crippen molar-refractivity contribution in [2.24, 2.45) is 0 Å². The van der Waals surface area contributed by atoms with Gasteiger partial charge in [0.25, 0.3) is 5.91 Å². The Bertz CT molecular complexity index is 1220. The number of pyridine rings is 1. The second-order valence-corrected chi connectivity index (χ2v) is 7.43. The Morgan fingerprint density at radius 1 is 0.967 bits per heavy atom. The number of methoxy groups -OCH3 is 1. The van der Waals surface area contributed by atoms with Crippen molar-refractivity contribution in [1.82, 2.24) is 10.3 Å². The normalized spacial score (nSPS) is 10.8. The van der Waals surface area contributed by atoms with E-state index in [1.165, 1.54) is 0 Å². The van der Waals surface area contributed by atoms with E-state index in [1.54, 1.807) is 7.11 Å². The second kappa shape index (κ2) is 8.37. The molecule has 1 heterocycles. The molecule has 0 aliphatic carbocycles. The molecule has 1 amide bonds. The number of aryl methyl sites for hydroxylation is 2. The predicted molar refractivity (Wildman–Crippen MR) is 121 cm³/mol. The molecule has 0 aliphatic rings. The second-order valence-electron chi connectivity index (χ2n) is 7.43. The van der Waals surface area contributed by atoms with Crippen LogP contribution in [-0.2, 0) is 6.54 Å². The highest BCUT2D eigenvalue weighted by Crippen LogP contribution is 2.29. The molecule has 30 heavy (non-hydrogen) atoms. The Hall–Kier alpha value is -3.66. The summed E-state index contributed by atoms with van der Waals surface area (Å²) in [7, 11) is 1.64. The van der Waals surface area contributed by atoms with Crippen molar-refractivity contribution in [2.45, 2.75) is 20.4 Å². The molecule has 0 spiro atoms. The first-order chi connectivity index (χ1) is 14.5. The molecule has 4 aromatic rings. The van der Waals surface area contributed by atoms with Crippen LogP contribution in [0.4, 0.5) is 0 Å². The van der Waals surface area contributed by atoms with E-state index in [4.69, 9.17) is 9.72 Å². The summed E-state index contributed by atoms with van der Waals surface area (Å²) >= 11 is 0. The van der Waals surface area contributed by atoms with Gasteiger partial charge in [0.05, 0.1) is 23.9 Å². The first-order valence-electron chi connectivity index (χ1n) is 9.93. The van der Waals surface area contributed by atoms with Gasteiger partial charge in [0.15, 0.2) is 0 Å². The summed E-state index contributed by atoms with van der Waals surface area (Å²) < 4.78 is 5.36. The minimum absolute atomic E-state index is 0.111. The molecule has 0 atom stereocenters. The highest BCUT2D eigenvalue weighted by atomic mass is 16.5. The van der Waals surface area contributed by atoms with Crippen LogP contribution in [0.15, 0.2) is 72.8 Å². The summed E-state index contributed by atoms with van der Waals surface area (Å²) in [5.41, 5.74) is 6.34. The van der Waals surface area contributed by atoms with Crippen molar-refractivity contribution in [3.63, 3.8) is 0 Å². The standard InChI is InChI=1S/C26H24N2O2/c1-17-12-18(2)25-22(13-17)23(26(29)27-16-19-8-5-4-6-9-19)15-24(28-25)20-10-7-11-21(14-20)30-3/h4-15H,16H2,1-3H3,(H,27,29). The van der Waals surface area contributed by atoms with E-state index in [0.717, 1.165) is 44.6 Å². The number of carbonyl (C=O) groups excluding carboxylic acids is 1. The summed E-state index contributed by atoms with van der Waals surface area (Å²) in [4.78, 5) is 18.1. The number of fused-ring (bicyclic) bond motifs is 1. The Kier molecular flexibility index (Phi) is 5.48. The van der Waals surface area contributed by atoms with Crippen LogP contribution in [0, 0.1) is 13.8 Å². The molecule has 3 aromatic carbocycles. The summed E-state index contributed by atoms with van der Waals surface area (Å²) in [6.45, 7) is 4.54. The number of hydrogen-bond acceptors (Lipinski definition) is 3. The molecule has 4 heteroatoms. The monoisotopic (exact) mass is 396 g/mol. The van der Waals surface area contributed by atoms with Crippen molar-refractivity contribution in [3.8, 4) is 17.0 Å². The minimum atomic E-state index is -0.111. The first kappa shape index (κ1) is 19.6. The van der Waals surface area contributed by atoms with Crippen LogP contribution >= 0.6 is 0 Å². The molecular formula is C26H24N2O2. The van der Waals surface area contributed by atoms with Gasteiger partial charge in [-0.15, -0.1) is 0 Å². The number of aromatic nitrogens is 1. The average Bonchev–Trinajstić information content (AvgIpc) is 2.77. The van der Waals surface area contributed by atoms with Gasteiger partial charge in [-0.2, -0.15) is 0 Å². The lowest BCUT2D eigenvalue weighted by atomic mass is 9.99. The van der Waals surface area contributed by atoms with Crippen molar-refractivity contribution < 1.29 is 9.53 Å². The zero-order valence-electron chi connectivity index (χ0n) is 17.4. The van der Waals surface area contributed by atoms with Crippen LogP contribution in [0.2, 0.25) is 0 Å². The summed E-state index contributed by atoms with van der Waals surface area (Å²) in [6, 6.07) is 23.6. The SMILES string of the molecule is COc1cccc(-c2cc(C(=O)NCc3ccccc3)c3cc(C)cc(C)c3n2)c1. The third-order valence-corrected chi connectivity index (χ3v) is 5.15. The Morgan fingerprint density at radius 3 is 2.53 bits per heavy atom. The van der Waals surface area contributed by atoms with Crippen LogP contribution in [0.25, 0.3) is 22.2 Å². The molecule has 0 saturated carbocycles. The number of nitrogens with zero attached hydrogens (tertiary/aromatic N) is 1. The minimum Gasteiger partial charge on any atom is -0.497 e. The van der Waals surface area contributed by atoms with Gasteiger partial charge in [0.2, 0.25) is 0 Å². The molecule has 0 radical (unpaired) electrons. The van der Waals surface area contributed by atoms with E-state index in [0.29, 0.717) is 12.1 Å². The van der Waals surface area contributed by atoms with E-state index in [-0.39, 0.29) is 5.91 Å². The largest absolute Gasteiger partial charge is 0.497 e. The number of rotatable bonds is 5.